The van der Waals surface area contributed by atoms with E-state index in [2.05, 4.69) is 50.3 Å². The second-order valence-corrected chi connectivity index (χ2v) is 13.9. The first-order valence-electron chi connectivity index (χ1n) is 20.8. The standard InChI is InChI=1S/C21H42N2.2C11H20O2/c1-3-4-5-6-7-8-9-10-11-12-13-14-15-16-17-18-19-22-23-20-21(23)2;2*1-2-3-4-5-6-7-8-9-10-11(12)13/h10-11,21-22H,3-9,12-20H2,1-2H3;2*9-10H,2-8H2,1H3,(H,12,13)/b11-10-;;. The Balaban J connectivity index is 0. The number of carboxylic acid groups (broad SMARTS) is 2. The number of nitrogens with zero attached hydrogens (tertiary/aromatic N) is 1. The number of allylic oxidation sites excluding steroid dienone is 4. The summed E-state index contributed by atoms with van der Waals surface area (Å²) in [5.41, 5.74) is 3.48. The quantitative estimate of drug-likeness (QED) is 0.0275. The van der Waals surface area contributed by atoms with Crippen LogP contribution in [0.25, 0.3) is 0 Å². The second-order valence-electron chi connectivity index (χ2n) is 13.9. The average molecular weight is 691 g/mol. The smallest absolute Gasteiger partial charge is 0.327 e. The number of carbonyl (C=O) groups is 2. The molecule has 1 aliphatic heterocycles. The molecule has 0 spiro atoms. The maximum absolute atomic E-state index is 10.1. The summed E-state index contributed by atoms with van der Waals surface area (Å²) in [6.45, 7) is 11.4. The first-order valence-corrected chi connectivity index (χ1v) is 20.8. The molecule has 3 N–H and O–H groups in total. The van der Waals surface area contributed by atoms with Crippen LogP contribution in [0.5, 0.6) is 0 Å². The fraction of sp³-hybridized carbons (Fsp3) is 0.814. The minimum atomic E-state index is -0.842. The Bertz CT molecular complexity index is 744. The van der Waals surface area contributed by atoms with Crippen LogP contribution >= 0.6 is 0 Å². The molecule has 6 heteroatoms. The molecule has 1 rings (SSSR count). The van der Waals surface area contributed by atoms with Crippen LogP contribution in [-0.2, 0) is 9.59 Å². The van der Waals surface area contributed by atoms with E-state index < -0.39 is 11.9 Å². The minimum Gasteiger partial charge on any atom is -0.478 e. The van der Waals surface area contributed by atoms with Gasteiger partial charge in [-0.25, -0.2) is 14.6 Å². The van der Waals surface area contributed by atoms with Gasteiger partial charge in [-0.2, -0.15) is 0 Å². The van der Waals surface area contributed by atoms with Crippen molar-refractivity contribution < 1.29 is 19.8 Å². The molecule has 2 atom stereocenters. The molecule has 1 heterocycles. The zero-order chi connectivity index (χ0) is 36.5. The number of hydrogen-bond acceptors (Lipinski definition) is 4. The number of carboxylic acids is 2. The van der Waals surface area contributed by atoms with E-state index in [0.29, 0.717) is 0 Å². The number of hydrazine groups is 1. The van der Waals surface area contributed by atoms with Gasteiger partial charge in [0.15, 0.2) is 0 Å². The normalized spacial score (nSPS) is 15.3. The van der Waals surface area contributed by atoms with Crippen molar-refractivity contribution in [3.8, 4) is 0 Å². The van der Waals surface area contributed by atoms with Crippen molar-refractivity contribution in [2.24, 2.45) is 0 Å². The maximum atomic E-state index is 10.1. The lowest BCUT2D eigenvalue weighted by Gasteiger charge is -2.05. The van der Waals surface area contributed by atoms with Gasteiger partial charge in [-0.1, -0.05) is 167 Å². The van der Waals surface area contributed by atoms with Crippen molar-refractivity contribution in [2.75, 3.05) is 13.1 Å². The number of hydrogen-bond donors (Lipinski definition) is 3. The molecule has 1 saturated heterocycles. The van der Waals surface area contributed by atoms with Gasteiger partial charge in [-0.05, 0) is 64.7 Å². The number of nitrogens with one attached hydrogen (secondary N) is 1. The highest BCUT2D eigenvalue weighted by Crippen LogP contribution is 2.13. The fourth-order valence-electron chi connectivity index (χ4n) is 5.51. The third-order valence-corrected chi connectivity index (χ3v) is 8.83. The van der Waals surface area contributed by atoms with Crippen LogP contribution in [0, 0.1) is 0 Å². The fourth-order valence-corrected chi connectivity index (χ4v) is 5.51. The van der Waals surface area contributed by atoms with E-state index in [4.69, 9.17) is 10.2 Å². The Morgan fingerprint density at radius 1 is 0.510 bits per heavy atom. The molecule has 0 amide bonds. The molecule has 0 saturated carbocycles. The Hall–Kier alpha value is -1.92. The highest BCUT2D eigenvalue weighted by molar-refractivity contribution is 5.79. The average Bonchev–Trinajstić information content (AvgIpc) is 3.79. The molecular weight excluding hydrogens is 608 g/mol. The molecular formula is C43H82N2O4. The molecule has 0 aromatic carbocycles. The monoisotopic (exact) mass is 691 g/mol. The first-order chi connectivity index (χ1) is 23.9. The van der Waals surface area contributed by atoms with E-state index in [1.165, 1.54) is 179 Å². The Morgan fingerprint density at radius 3 is 1.10 bits per heavy atom. The second kappa shape index (κ2) is 42.2. The summed E-state index contributed by atoms with van der Waals surface area (Å²) < 4.78 is 0. The third-order valence-electron chi connectivity index (χ3n) is 8.83. The predicted molar refractivity (Wildman–Crippen MR) is 213 cm³/mol. The van der Waals surface area contributed by atoms with Crippen molar-refractivity contribution in [1.82, 2.24) is 10.4 Å². The topological polar surface area (TPSA) is 89.6 Å². The molecule has 0 aromatic heterocycles. The van der Waals surface area contributed by atoms with Crippen LogP contribution in [0.1, 0.15) is 207 Å². The van der Waals surface area contributed by atoms with Crippen LogP contribution in [-0.4, -0.2) is 46.3 Å². The minimum absolute atomic E-state index is 0.782. The van der Waals surface area contributed by atoms with E-state index in [9.17, 15) is 9.59 Å². The van der Waals surface area contributed by atoms with E-state index in [0.717, 1.165) is 31.7 Å². The molecule has 49 heavy (non-hydrogen) atoms. The van der Waals surface area contributed by atoms with Crippen LogP contribution in [0.2, 0.25) is 0 Å². The summed E-state index contributed by atoms with van der Waals surface area (Å²) in [4.78, 5) is 20.2. The van der Waals surface area contributed by atoms with Gasteiger partial charge in [0.1, 0.15) is 0 Å². The lowest BCUT2D eigenvalue weighted by Crippen LogP contribution is -2.23. The zero-order valence-electron chi connectivity index (χ0n) is 32.9. The van der Waals surface area contributed by atoms with Crippen LogP contribution < -0.4 is 5.43 Å². The number of rotatable bonds is 33. The third kappa shape index (κ3) is 48.2. The van der Waals surface area contributed by atoms with Gasteiger partial charge in [0, 0.05) is 31.3 Å². The predicted octanol–water partition coefficient (Wildman–Crippen LogP) is 13.0. The number of unbranched alkanes of at least 4 members (excludes halogenated alkanes) is 24. The van der Waals surface area contributed by atoms with Gasteiger partial charge in [0.25, 0.3) is 0 Å². The van der Waals surface area contributed by atoms with Gasteiger partial charge < -0.3 is 10.2 Å². The molecule has 0 radical (unpaired) electrons. The summed E-state index contributed by atoms with van der Waals surface area (Å²) in [7, 11) is 0. The Kier molecular flexibility index (Phi) is 42.4. The van der Waals surface area contributed by atoms with Gasteiger partial charge in [0.05, 0.1) is 0 Å². The largest absolute Gasteiger partial charge is 0.478 e. The van der Waals surface area contributed by atoms with Crippen molar-refractivity contribution in [3.63, 3.8) is 0 Å². The van der Waals surface area contributed by atoms with Crippen LogP contribution in [0.3, 0.4) is 0 Å². The van der Waals surface area contributed by atoms with Crippen molar-refractivity contribution >= 4 is 11.9 Å². The highest BCUT2D eigenvalue weighted by atomic mass is 16.4. The van der Waals surface area contributed by atoms with Gasteiger partial charge in [-0.3, -0.25) is 5.43 Å². The lowest BCUT2D eigenvalue weighted by molar-refractivity contribution is -0.132. The Labute approximate surface area is 304 Å². The molecule has 2 unspecified atom stereocenters. The summed E-state index contributed by atoms with van der Waals surface area (Å²) in [5.74, 6) is -1.68. The molecule has 0 aliphatic carbocycles. The van der Waals surface area contributed by atoms with Crippen molar-refractivity contribution in [1.29, 1.82) is 0 Å². The number of aliphatic carboxylic acids is 2. The summed E-state index contributed by atoms with van der Waals surface area (Å²) in [5, 5.41) is 18.9. The van der Waals surface area contributed by atoms with E-state index >= 15 is 0 Å². The summed E-state index contributed by atoms with van der Waals surface area (Å²) in [6.07, 6.45) is 47.1. The van der Waals surface area contributed by atoms with Crippen LogP contribution in [0.4, 0.5) is 0 Å². The first kappa shape index (κ1) is 49.2. The van der Waals surface area contributed by atoms with Crippen molar-refractivity contribution in [2.45, 2.75) is 214 Å². The van der Waals surface area contributed by atoms with E-state index in [1.54, 1.807) is 12.2 Å². The molecule has 1 aliphatic rings. The zero-order valence-corrected chi connectivity index (χ0v) is 32.9. The van der Waals surface area contributed by atoms with E-state index in [-0.39, 0.29) is 0 Å². The van der Waals surface area contributed by atoms with Crippen LogP contribution in [0.15, 0.2) is 36.5 Å². The lowest BCUT2D eigenvalue weighted by atomic mass is 10.1. The van der Waals surface area contributed by atoms with E-state index in [1.807, 2.05) is 0 Å². The molecule has 6 nitrogen and oxygen atoms in total. The molecule has 0 bridgehead atoms. The Morgan fingerprint density at radius 2 is 0.796 bits per heavy atom. The molecule has 1 fully saturated rings. The summed E-state index contributed by atoms with van der Waals surface area (Å²) >= 11 is 0. The SMILES string of the molecule is CCCCCCCC/C=C\CCCCCCCCNN1CC1C.CCCCCCCCC=CC(=O)O.CCCCCCCCC=CC(=O)O. The van der Waals surface area contributed by atoms with Gasteiger partial charge in [0.2, 0.25) is 0 Å². The summed E-state index contributed by atoms with van der Waals surface area (Å²) in [6, 6.07) is 0.782. The molecule has 0 aromatic rings. The van der Waals surface area contributed by atoms with Gasteiger partial charge in [-0.15, -0.1) is 0 Å². The molecule has 288 valence electrons. The highest BCUT2D eigenvalue weighted by Gasteiger charge is 2.27. The van der Waals surface area contributed by atoms with Crippen molar-refractivity contribution in [3.05, 3.63) is 36.5 Å². The van der Waals surface area contributed by atoms with Gasteiger partial charge >= 0.3 is 11.9 Å². The maximum Gasteiger partial charge on any atom is 0.327 e.